The summed E-state index contributed by atoms with van der Waals surface area (Å²) in [4.78, 5) is 15.7. The van der Waals surface area contributed by atoms with Crippen LogP contribution in [0.2, 0.25) is 10.3 Å². The second-order valence-electron chi connectivity index (χ2n) is 4.52. The monoisotopic (exact) mass is 304 g/mol. The van der Waals surface area contributed by atoms with E-state index < -0.39 is 5.60 Å². The maximum atomic E-state index is 11.9. The predicted octanol–water partition coefficient (Wildman–Crippen LogP) is 1.66. The maximum absolute atomic E-state index is 11.9. The van der Waals surface area contributed by atoms with Crippen molar-refractivity contribution in [3.8, 4) is 0 Å². The molecule has 0 radical (unpaired) electrons. The number of carbonyl (C=O) groups is 1. The number of aromatic nitrogens is 1. The minimum Gasteiger partial charge on any atom is -0.388 e. The third-order valence-corrected chi connectivity index (χ3v) is 3.41. The van der Waals surface area contributed by atoms with Crippen LogP contribution in [0.15, 0.2) is 12.1 Å². The molecule has 1 aliphatic heterocycles. The number of hydrogen-bond donors (Lipinski definition) is 2. The van der Waals surface area contributed by atoms with E-state index in [1.54, 1.807) is 0 Å². The van der Waals surface area contributed by atoms with Crippen molar-refractivity contribution in [2.24, 2.45) is 0 Å². The van der Waals surface area contributed by atoms with Gasteiger partial charge in [0.25, 0.3) is 5.91 Å². The fraction of sp³-hybridized carbons (Fsp3) is 0.500. The highest BCUT2D eigenvalue weighted by Gasteiger charge is 2.30. The van der Waals surface area contributed by atoms with Crippen molar-refractivity contribution >= 4 is 29.1 Å². The van der Waals surface area contributed by atoms with Gasteiger partial charge < -0.3 is 15.2 Å². The number of nitrogens with zero attached hydrogens (tertiary/aromatic N) is 1. The van der Waals surface area contributed by atoms with Crippen LogP contribution in [0.5, 0.6) is 0 Å². The Morgan fingerprint density at radius 1 is 1.37 bits per heavy atom. The van der Waals surface area contributed by atoms with Gasteiger partial charge in [-0.3, -0.25) is 4.79 Å². The van der Waals surface area contributed by atoms with E-state index in [1.807, 2.05) is 0 Å². The van der Waals surface area contributed by atoms with Crippen LogP contribution in [0.4, 0.5) is 0 Å². The number of nitrogens with one attached hydrogen (secondary N) is 1. The molecule has 0 aliphatic carbocycles. The van der Waals surface area contributed by atoms with E-state index in [1.165, 1.54) is 12.1 Å². The first-order chi connectivity index (χ1) is 8.98. The van der Waals surface area contributed by atoms with E-state index >= 15 is 0 Å². The van der Waals surface area contributed by atoms with Crippen LogP contribution in [0.1, 0.15) is 23.2 Å². The van der Waals surface area contributed by atoms with Crippen molar-refractivity contribution in [1.82, 2.24) is 10.3 Å². The third-order valence-electron chi connectivity index (χ3n) is 3.03. The molecule has 1 aromatic rings. The molecule has 1 fully saturated rings. The molecular formula is C12H14Cl2N2O3. The van der Waals surface area contributed by atoms with Crippen molar-refractivity contribution in [3.63, 3.8) is 0 Å². The number of rotatable bonds is 3. The van der Waals surface area contributed by atoms with Crippen molar-refractivity contribution < 1.29 is 14.6 Å². The Balaban J connectivity index is 1.97. The lowest BCUT2D eigenvalue weighted by atomic mass is 9.94. The number of ether oxygens (including phenoxy) is 1. The second kappa shape index (κ2) is 6.05. The Morgan fingerprint density at radius 3 is 2.53 bits per heavy atom. The zero-order chi connectivity index (χ0) is 13.9. The molecule has 19 heavy (non-hydrogen) atoms. The van der Waals surface area contributed by atoms with Crippen molar-refractivity contribution in [2.75, 3.05) is 19.8 Å². The highest BCUT2D eigenvalue weighted by Crippen LogP contribution is 2.20. The molecule has 0 saturated carbocycles. The largest absolute Gasteiger partial charge is 0.388 e. The van der Waals surface area contributed by atoms with E-state index in [4.69, 9.17) is 27.9 Å². The summed E-state index contributed by atoms with van der Waals surface area (Å²) in [6, 6.07) is 2.85. The van der Waals surface area contributed by atoms with Gasteiger partial charge in [-0.15, -0.1) is 0 Å². The quantitative estimate of drug-likeness (QED) is 0.833. The Hall–Kier alpha value is -0.880. The third kappa shape index (κ3) is 4.04. The average Bonchev–Trinajstić information content (AvgIpc) is 2.36. The second-order valence-corrected chi connectivity index (χ2v) is 5.30. The molecule has 1 amide bonds. The van der Waals surface area contributed by atoms with Gasteiger partial charge in [0.15, 0.2) is 0 Å². The van der Waals surface area contributed by atoms with Gasteiger partial charge >= 0.3 is 0 Å². The van der Waals surface area contributed by atoms with Gasteiger partial charge in [-0.1, -0.05) is 23.2 Å². The summed E-state index contributed by atoms with van der Waals surface area (Å²) in [5, 5.41) is 13.2. The first-order valence-electron chi connectivity index (χ1n) is 5.90. The molecule has 2 rings (SSSR count). The topological polar surface area (TPSA) is 71.5 Å². The highest BCUT2D eigenvalue weighted by atomic mass is 35.5. The molecule has 104 valence electrons. The lowest BCUT2D eigenvalue weighted by Crippen LogP contribution is -2.46. The molecule has 0 atom stereocenters. The predicted molar refractivity (Wildman–Crippen MR) is 71.6 cm³/mol. The molecule has 5 nitrogen and oxygen atoms in total. The molecule has 7 heteroatoms. The molecule has 0 unspecified atom stereocenters. The minimum absolute atomic E-state index is 0.155. The van der Waals surface area contributed by atoms with E-state index in [0.29, 0.717) is 31.6 Å². The lowest BCUT2D eigenvalue weighted by molar-refractivity contribution is -0.0605. The average molecular weight is 305 g/mol. The Kier molecular flexibility index (Phi) is 4.62. The summed E-state index contributed by atoms with van der Waals surface area (Å²) in [5.74, 6) is -0.342. The van der Waals surface area contributed by atoms with Crippen molar-refractivity contribution in [3.05, 3.63) is 28.0 Å². The molecule has 1 aliphatic rings. The van der Waals surface area contributed by atoms with Crippen LogP contribution >= 0.6 is 23.2 Å². The molecule has 2 N–H and O–H groups in total. The first kappa shape index (κ1) is 14.5. The van der Waals surface area contributed by atoms with Crippen LogP contribution in [0, 0.1) is 0 Å². The van der Waals surface area contributed by atoms with Gasteiger partial charge in [0.2, 0.25) is 0 Å². The van der Waals surface area contributed by atoms with Gasteiger partial charge in [-0.25, -0.2) is 4.98 Å². The lowest BCUT2D eigenvalue weighted by Gasteiger charge is -2.32. The van der Waals surface area contributed by atoms with Crippen LogP contribution in [-0.2, 0) is 4.74 Å². The van der Waals surface area contributed by atoms with E-state index in [0.717, 1.165) is 0 Å². The van der Waals surface area contributed by atoms with E-state index in [2.05, 4.69) is 10.3 Å². The normalized spacial score (nSPS) is 18.1. The maximum Gasteiger partial charge on any atom is 0.251 e. The number of aliphatic hydroxyl groups is 1. The van der Waals surface area contributed by atoms with Crippen LogP contribution in [-0.4, -0.2) is 41.4 Å². The molecule has 2 heterocycles. The fourth-order valence-corrected chi connectivity index (χ4v) is 2.33. The zero-order valence-electron chi connectivity index (χ0n) is 10.2. The summed E-state index contributed by atoms with van der Waals surface area (Å²) >= 11 is 11.5. The molecule has 1 aromatic heterocycles. The number of hydrogen-bond acceptors (Lipinski definition) is 4. The SMILES string of the molecule is O=C(NCC1(O)CCOCC1)c1cc(Cl)nc(Cl)c1. The number of pyridine rings is 1. The van der Waals surface area contributed by atoms with Crippen molar-refractivity contribution in [2.45, 2.75) is 18.4 Å². The first-order valence-corrected chi connectivity index (χ1v) is 6.66. The Bertz CT molecular complexity index is 456. The van der Waals surface area contributed by atoms with Gasteiger partial charge in [0.1, 0.15) is 10.3 Å². The molecule has 0 spiro atoms. The van der Waals surface area contributed by atoms with Crippen LogP contribution in [0.25, 0.3) is 0 Å². The summed E-state index contributed by atoms with van der Waals surface area (Å²) in [6.45, 7) is 1.17. The van der Waals surface area contributed by atoms with Gasteiger partial charge in [0, 0.05) is 38.2 Å². The van der Waals surface area contributed by atoms with Gasteiger partial charge in [-0.2, -0.15) is 0 Å². The molecule has 1 saturated heterocycles. The summed E-state index contributed by atoms with van der Waals surface area (Å²) in [6.07, 6.45) is 1.01. The minimum atomic E-state index is -0.908. The molecule has 0 bridgehead atoms. The number of amides is 1. The van der Waals surface area contributed by atoms with Crippen LogP contribution < -0.4 is 5.32 Å². The van der Waals surface area contributed by atoms with Crippen LogP contribution in [0.3, 0.4) is 0 Å². The summed E-state index contributed by atoms with van der Waals surface area (Å²) < 4.78 is 5.17. The molecular weight excluding hydrogens is 291 g/mol. The Labute approximate surface area is 120 Å². The zero-order valence-corrected chi connectivity index (χ0v) is 11.7. The number of halogens is 2. The van der Waals surface area contributed by atoms with Gasteiger partial charge in [-0.05, 0) is 12.1 Å². The Morgan fingerprint density at radius 2 is 1.95 bits per heavy atom. The van der Waals surface area contributed by atoms with E-state index in [9.17, 15) is 9.90 Å². The summed E-state index contributed by atoms with van der Waals surface area (Å²) in [7, 11) is 0. The van der Waals surface area contributed by atoms with Gasteiger partial charge in [0.05, 0.1) is 5.60 Å². The van der Waals surface area contributed by atoms with Crippen molar-refractivity contribution in [1.29, 1.82) is 0 Å². The number of carbonyl (C=O) groups excluding carboxylic acids is 1. The fourth-order valence-electron chi connectivity index (χ4n) is 1.87. The standard InChI is InChI=1S/C12H14Cl2N2O3/c13-9-5-8(6-10(14)16-9)11(17)15-7-12(18)1-3-19-4-2-12/h5-6,18H,1-4,7H2,(H,15,17). The highest BCUT2D eigenvalue weighted by molar-refractivity contribution is 6.33. The smallest absolute Gasteiger partial charge is 0.251 e. The summed E-state index contributed by atoms with van der Waals surface area (Å²) in [5.41, 5.74) is -0.588. The molecule has 0 aromatic carbocycles. The van der Waals surface area contributed by atoms with E-state index in [-0.39, 0.29) is 22.8 Å².